The lowest BCUT2D eigenvalue weighted by atomic mass is 10.5. The number of hydrogen-bond donors (Lipinski definition) is 1. The molecule has 66 valence electrons. The summed E-state index contributed by atoms with van der Waals surface area (Å²) in [4.78, 5) is 14.7. The Kier molecular flexibility index (Phi) is 2.99. The van der Waals surface area contributed by atoms with Crippen molar-refractivity contribution in [2.75, 3.05) is 6.61 Å². The second kappa shape index (κ2) is 3.82. The lowest BCUT2D eigenvalue weighted by molar-refractivity contribution is -0.138. The van der Waals surface area contributed by atoms with Crippen LogP contribution in [0, 0.1) is 4.78 Å². The molecule has 0 aromatic heterocycles. The van der Waals surface area contributed by atoms with E-state index in [4.69, 9.17) is 16.4 Å². The molecule has 6 heteroatoms. The maximum Gasteiger partial charge on any atom is 0.359 e. The average molecular weight is 207 g/mol. The van der Waals surface area contributed by atoms with Gasteiger partial charge in [0.05, 0.1) is 12.2 Å². The van der Waals surface area contributed by atoms with Gasteiger partial charge in [-0.2, -0.15) is 0 Å². The van der Waals surface area contributed by atoms with E-state index in [2.05, 4.69) is 9.73 Å². The van der Waals surface area contributed by atoms with Crippen molar-refractivity contribution < 1.29 is 9.53 Å². The highest BCUT2D eigenvalue weighted by atomic mass is 35.5. The maximum absolute atomic E-state index is 11.0. The van der Waals surface area contributed by atoms with E-state index in [-0.39, 0.29) is 16.7 Å². The molecule has 0 saturated heterocycles. The highest BCUT2D eigenvalue weighted by molar-refractivity contribution is 8.04. The van der Waals surface area contributed by atoms with E-state index in [1.807, 2.05) is 0 Å². The van der Waals surface area contributed by atoms with Gasteiger partial charge >= 0.3 is 5.97 Å². The number of aliphatic imine (C=N–C) groups is 1. The van der Waals surface area contributed by atoms with Gasteiger partial charge in [0.1, 0.15) is 4.36 Å². The maximum atomic E-state index is 11.0. The molecular formula is C6H7ClN2O2S. The van der Waals surface area contributed by atoms with E-state index in [9.17, 15) is 4.79 Å². The molecule has 4 nitrogen and oxygen atoms in total. The third-order valence-electron chi connectivity index (χ3n) is 1.14. The summed E-state index contributed by atoms with van der Waals surface area (Å²) in [6.45, 7) is 1.99. The van der Waals surface area contributed by atoms with E-state index in [0.717, 1.165) is 0 Å². The second-order valence-corrected chi connectivity index (χ2v) is 3.81. The zero-order valence-electron chi connectivity index (χ0n) is 6.33. The number of carbonyl (C=O) groups excluding carboxylic acids is 1. The number of nitrogens with zero attached hydrogens (tertiary/aromatic N) is 1. The SMILES string of the molecule is CCOC(=O)C1=C(Cl)S(=N)C=N1. The number of hydrogen-bond acceptors (Lipinski definition) is 4. The molecule has 0 spiro atoms. The Morgan fingerprint density at radius 3 is 3.00 bits per heavy atom. The summed E-state index contributed by atoms with van der Waals surface area (Å²) in [5.41, 5.74) is 1.39. The fraction of sp³-hybridized carbons (Fsp3) is 0.333. The summed E-state index contributed by atoms with van der Waals surface area (Å²) in [6, 6.07) is 0. The number of rotatable bonds is 2. The highest BCUT2D eigenvalue weighted by Crippen LogP contribution is 2.21. The Balaban J connectivity index is 2.83. The first-order valence-electron chi connectivity index (χ1n) is 3.22. The molecule has 0 bridgehead atoms. The predicted octanol–water partition coefficient (Wildman–Crippen LogP) is 1.38. The van der Waals surface area contributed by atoms with Gasteiger partial charge in [-0.05, 0) is 17.6 Å². The van der Waals surface area contributed by atoms with Gasteiger partial charge in [-0.1, -0.05) is 11.6 Å². The predicted molar refractivity (Wildman–Crippen MR) is 48.1 cm³/mol. The fourth-order valence-electron chi connectivity index (χ4n) is 0.639. The summed E-state index contributed by atoms with van der Waals surface area (Å²) < 4.78 is 12.1. The average Bonchev–Trinajstić information content (AvgIpc) is 2.34. The van der Waals surface area contributed by atoms with Crippen LogP contribution in [0.5, 0.6) is 0 Å². The summed E-state index contributed by atoms with van der Waals surface area (Å²) in [5.74, 6) is -0.555. The van der Waals surface area contributed by atoms with Gasteiger partial charge in [-0.25, -0.2) is 9.79 Å². The zero-order valence-corrected chi connectivity index (χ0v) is 7.91. The largest absolute Gasteiger partial charge is 0.461 e. The van der Waals surface area contributed by atoms with E-state index in [1.54, 1.807) is 6.92 Å². The Bertz CT molecular complexity index is 298. The first kappa shape index (κ1) is 9.41. The number of nitrogens with one attached hydrogen (secondary N) is 1. The Morgan fingerprint density at radius 2 is 2.58 bits per heavy atom. The summed E-state index contributed by atoms with van der Waals surface area (Å²) in [6.07, 6.45) is 0. The van der Waals surface area contributed by atoms with Crippen molar-refractivity contribution >= 4 is 33.8 Å². The van der Waals surface area contributed by atoms with Crippen LogP contribution in [0.1, 0.15) is 6.92 Å². The minimum Gasteiger partial charge on any atom is -0.461 e. The molecule has 0 aromatic rings. The molecule has 1 atom stereocenters. The first-order chi connectivity index (χ1) is 5.66. The van der Waals surface area contributed by atoms with E-state index in [0.29, 0.717) is 0 Å². The molecule has 1 unspecified atom stereocenters. The molecule has 0 aromatic carbocycles. The van der Waals surface area contributed by atoms with Crippen LogP contribution in [0.15, 0.2) is 15.1 Å². The molecule has 0 aliphatic carbocycles. The standard InChI is InChI=1S/C6H7ClN2O2S/c1-2-11-6(10)4-5(7)12(8)3-9-4/h3,8H,2H2,1H3. The molecule has 1 aliphatic rings. The summed E-state index contributed by atoms with van der Waals surface area (Å²) in [7, 11) is -0.969. The van der Waals surface area contributed by atoms with Crippen LogP contribution in [0.25, 0.3) is 0 Å². The van der Waals surface area contributed by atoms with Crippen LogP contribution in [-0.4, -0.2) is 18.1 Å². The molecule has 12 heavy (non-hydrogen) atoms. The van der Waals surface area contributed by atoms with Gasteiger partial charge in [0.15, 0.2) is 5.70 Å². The number of esters is 1. The van der Waals surface area contributed by atoms with Crippen molar-refractivity contribution in [2.24, 2.45) is 4.99 Å². The van der Waals surface area contributed by atoms with Crippen LogP contribution < -0.4 is 0 Å². The lowest BCUT2D eigenvalue weighted by Gasteiger charge is -1.98. The molecule has 0 amide bonds. The Morgan fingerprint density at radius 1 is 1.92 bits per heavy atom. The molecule has 1 rings (SSSR count). The Hall–Kier alpha value is -0.680. The molecular weight excluding hydrogens is 200 g/mol. The lowest BCUT2D eigenvalue weighted by Crippen LogP contribution is -2.05. The molecule has 0 saturated carbocycles. The molecule has 1 N–H and O–H groups in total. The second-order valence-electron chi connectivity index (χ2n) is 1.92. The van der Waals surface area contributed by atoms with Gasteiger partial charge in [-0.15, -0.1) is 0 Å². The monoisotopic (exact) mass is 206 g/mol. The zero-order chi connectivity index (χ0) is 9.14. The Labute approximate surface area is 77.2 Å². The van der Waals surface area contributed by atoms with Gasteiger partial charge in [0.25, 0.3) is 0 Å². The van der Waals surface area contributed by atoms with Gasteiger partial charge in [-0.3, -0.25) is 4.78 Å². The van der Waals surface area contributed by atoms with Crippen LogP contribution in [-0.2, 0) is 20.2 Å². The van der Waals surface area contributed by atoms with Crippen molar-refractivity contribution in [3.63, 3.8) is 0 Å². The molecule has 1 aliphatic heterocycles. The highest BCUT2D eigenvalue weighted by Gasteiger charge is 2.20. The third kappa shape index (κ3) is 1.73. The summed E-state index contributed by atoms with van der Waals surface area (Å²) in [5, 5.41) is 0. The topological polar surface area (TPSA) is 62.5 Å². The molecule has 0 fully saturated rings. The van der Waals surface area contributed by atoms with Crippen molar-refractivity contribution in [1.82, 2.24) is 0 Å². The normalized spacial score (nSPS) is 21.7. The minimum atomic E-state index is -0.969. The van der Waals surface area contributed by atoms with Gasteiger partial charge in [0, 0.05) is 0 Å². The van der Waals surface area contributed by atoms with Crippen LogP contribution in [0.2, 0.25) is 0 Å². The van der Waals surface area contributed by atoms with Gasteiger partial charge < -0.3 is 4.74 Å². The number of halogens is 1. The number of carbonyl (C=O) groups is 1. The van der Waals surface area contributed by atoms with E-state index >= 15 is 0 Å². The molecule has 0 radical (unpaired) electrons. The smallest absolute Gasteiger partial charge is 0.359 e. The minimum absolute atomic E-state index is 0.0665. The van der Waals surface area contributed by atoms with Gasteiger partial charge in [0.2, 0.25) is 0 Å². The third-order valence-corrected chi connectivity index (χ3v) is 2.71. The van der Waals surface area contributed by atoms with Crippen LogP contribution in [0.3, 0.4) is 0 Å². The quantitative estimate of drug-likeness (QED) is 0.694. The van der Waals surface area contributed by atoms with Crippen LogP contribution in [0.4, 0.5) is 0 Å². The van der Waals surface area contributed by atoms with E-state index in [1.165, 1.54) is 5.55 Å². The fourth-order valence-corrected chi connectivity index (χ4v) is 1.53. The first-order valence-corrected chi connectivity index (χ1v) is 4.88. The molecule has 1 heterocycles. The summed E-state index contributed by atoms with van der Waals surface area (Å²) >= 11 is 5.64. The number of ether oxygens (including phenoxy) is 1. The van der Waals surface area contributed by atoms with Crippen molar-refractivity contribution in [3.05, 3.63) is 10.1 Å². The van der Waals surface area contributed by atoms with Crippen LogP contribution >= 0.6 is 11.6 Å². The van der Waals surface area contributed by atoms with Crippen molar-refractivity contribution in [3.8, 4) is 0 Å². The van der Waals surface area contributed by atoms with Crippen molar-refractivity contribution in [2.45, 2.75) is 6.92 Å². The van der Waals surface area contributed by atoms with Crippen molar-refractivity contribution in [1.29, 1.82) is 4.78 Å². The van der Waals surface area contributed by atoms with E-state index < -0.39 is 16.7 Å².